The van der Waals surface area contributed by atoms with E-state index in [0.29, 0.717) is 11.4 Å². The fraction of sp³-hybridized carbons (Fsp3) is 0.136. The van der Waals surface area contributed by atoms with Gasteiger partial charge in [-0.3, -0.25) is 4.79 Å². The second-order valence-electron chi connectivity index (χ2n) is 6.89. The molecule has 1 amide bonds. The van der Waals surface area contributed by atoms with E-state index in [2.05, 4.69) is 15.4 Å². The van der Waals surface area contributed by atoms with E-state index in [-0.39, 0.29) is 11.7 Å². The van der Waals surface area contributed by atoms with Crippen molar-refractivity contribution in [3.63, 3.8) is 0 Å². The van der Waals surface area contributed by atoms with Crippen molar-refractivity contribution in [1.29, 1.82) is 0 Å². The molecule has 2 aromatic heterocycles. The summed E-state index contributed by atoms with van der Waals surface area (Å²) in [5, 5.41) is 10.4. The van der Waals surface area contributed by atoms with Crippen LogP contribution in [0.2, 0.25) is 0 Å². The number of carbonyl (C=O) groups excluding carboxylic acids is 1. The van der Waals surface area contributed by atoms with Gasteiger partial charge < -0.3 is 5.32 Å². The summed E-state index contributed by atoms with van der Waals surface area (Å²) in [6, 6.07) is 13.8. The average molecular weight is 404 g/mol. The highest BCUT2D eigenvalue weighted by Gasteiger charge is 2.27. The Hall–Kier alpha value is -3.32. The molecule has 144 valence electrons. The smallest absolute Gasteiger partial charge is 0.276 e. The van der Waals surface area contributed by atoms with Gasteiger partial charge in [0.05, 0.1) is 5.69 Å². The maximum atomic E-state index is 13.3. The van der Waals surface area contributed by atoms with Gasteiger partial charge in [-0.15, -0.1) is 11.3 Å². The Balaban J connectivity index is 1.46. The second-order valence-corrected chi connectivity index (χ2v) is 7.78. The summed E-state index contributed by atoms with van der Waals surface area (Å²) in [7, 11) is 0. The largest absolute Gasteiger partial charge is 0.321 e. The molecule has 7 heteroatoms. The van der Waals surface area contributed by atoms with E-state index in [1.54, 1.807) is 34.3 Å². The number of amides is 1. The van der Waals surface area contributed by atoms with Crippen molar-refractivity contribution in [3.05, 3.63) is 82.9 Å². The molecule has 1 aliphatic rings. The van der Waals surface area contributed by atoms with E-state index in [4.69, 9.17) is 0 Å². The monoisotopic (exact) mass is 404 g/mol. The molecule has 29 heavy (non-hydrogen) atoms. The van der Waals surface area contributed by atoms with Gasteiger partial charge in [0.2, 0.25) is 0 Å². The van der Waals surface area contributed by atoms with Crippen LogP contribution in [0, 0.1) is 5.82 Å². The van der Waals surface area contributed by atoms with E-state index in [1.807, 2.05) is 29.6 Å². The average Bonchev–Trinajstić information content (AvgIpc) is 3.47. The number of nitrogens with zero attached hydrogens (tertiary/aromatic N) is 3. The first-order valence-corrected chi connectivity index (χ1v) is 10.2. The van der Waals surface area contributed by atoms with Crippen molar-refractivity contribution in [1.82, 2.24) is 14.8 Å². The molecule has 0 spiro atoms. The first kappa shape index (κ1) is 17.8. The van der Waals surface area contributed by atoms with E-state index >= 15 is 0 Å². The van der Waals surface area contributed by atoms with Crippen LogP contribution in [0.1, 0.15) is 28.2 Å². The van der Waals surface area contributed by atoms with Crippen LogP contribution in [0.4, 0.5) is 10.1 Å². The van der Waals surface area contributed by atoms with Crippen molar-refractivity contribution in [2.45, 2.75) is 19.3 Å². The van der Waals surface area contributed by atoms with Gasteiger partial charge in [0.15, 0.2) is 5.69 Å². The molecule has 2 aromatic carbocycles. The zero-order chi connectivity index (χ0) is 19.8. The third-order valence-electron chi connectivity index (χ3n) is 5.02. The van der Waals surface area contributed by atoms with Crippen LogP contribution in [0.25, 0.3) is 16.3 Å². The summed E-state index contributed by atoms with van der Waals surface area (Å²) in [6.45, 7) is 0. The van der Waals surface area contributed by atoms with E-state index < -0.39 is 0 Å². The van der Waals surface area contributed by atoms with Crippen LogP contribution in [0.5, 0.6) is 0 Å². The number of anilines is 1. The van der Waals surface area contributed by atoms with E-state index in [9.17, 15) is 9.18 Å². The molecule has 0 unspecified atom stereocenters. The molecule has 0 saturated carbocycles. The van der Waals surface area contributed by atoms with Gasteiger partial charge in [-0.1, -0.05) is 12.1 Å². The zero-order valence-corrected chi connectivity index (χ0v) is 16.2. The SMILES string of the molecule is O=C(Nc1cccc(-c2nccs2)c1)c1nn(-c2ccc(F)cc2)c2c1CCC2. The maximum absolute atomic E-state index is 13.3. The Morgan fingerprint density at radius 1 is 1.14 bits per heavy atom. The molecule has 4 aromatic rings. The Morgan fingerprint density at radius 2 is 2.00 bits per heavy atom. The normalized spacial score (nSPS) is 12.7. The van der Waals surface area contributed by atoms with Crippen molar-refractivity contribution in [2.24, 2.45) is 0 Å². The lowest BCUT2D eigenvalue weighted by molar-refractivity contribution is 0.102. The summed E-state index contributed by atoms with van der Waals surface area (Å²) in [4.78, 5) is 17.3. The van der Waals surface area contributed by atoms with Crippen LogP contribution in [0.3, 0.4) is 0 Å². The number of carbonyl (C=O) groups is 1. The molecule has 0 aliphatic heterocycles. The number of hydrogen-bond acceptors (Lipinski definition) is 4. The molecule has 1 N–H and O–H groups in total. The number of thiazole rings is 1. The number of hydrogen-bond donors (Lipinski definition) is 1. The molecule has 0 saturated heterocycles. The minimum atomic E-state index is -0.296. The zero-order valence-electron chi connectivity index (χ0n) is 15.4. The quantitative estimate of drug-likeness (QED) is 0.528. The predicted molar refractivity (Wildman–Crippen MR) is 111 cm³/mol. The Bertz CT molecular complexity index is 1180. The van der Waals surface area contributed by atoms with E-state index in [1.165, 1.54) is 12.1 Å². The molecule has 1 aliphatic carbocycles. The summed E-state index contributed by atoms with van der Waals surface area (Å²) >= 11 is 1.55. The first-order chi connectivity index (χ1) is 14.2. The van der Waals surface area contributed by atoms with Crippen LogP contribution < -0.4 is 5.32 Å². The van der Waals surface area contributed by atoms with Gasteiger partial charge in [0.25, 0.3) is 5.91 Å². The molecule has 0 bridgehead atoms. The Kier molecular flexibility index (Phi) is 4.44. The van der Waals surface area contributed by atoms with Gasteiger partial charge in [0, 0.05) is 34.1 Å². The van der Waals surface area contributed by atoms with Crippen LogP contribution >= 0.6 is 11.3 Å². The fourth-order valence-electron chi connectivity index (χ4n) is 3.70. The lowest BCUT2D eigenvalue weighted by Crippen LogP contribution is -2.15. The lowest BCUT2D eigenvalue weighted by Gasteiger charge is -2.06. The highest BCUT2D eigenvalue weighted by Crippen LogP contribution is 2.29. The third kappa shape index (κ3) is 3.34. The molecule has 5 rings (SSSR count). The molecule has 0 fully saturated rings. The molecule has 0 atom stereocenters. The minimum Gasteiger partial charge on any atom is -0.321 e. The van der Waals surface area contributed by atoms with Crippen LogP contribution in [-0.4, -0.2) is 20.7 Å². The van der Waals surface area contributed by atoms with Gasteiger partial charge in [0.1, 0.15) is 10.8 Å². The van der Waals surface area contributed by atoms with Gasteiger partial charge in [-0.25, -0.2) is 14.1 Å². The highest BCUT2D eigenvalue weighted by atomic mass is 32.1. The Morgan fingerprint density at radius 3 is 2.79 bits per heavy atom. The first-order valence-electron chi connectivity index (χ1n) is 9.37. The van der Waals surface area contributed by atoms with Crippen molar-refractivity contribution >= 4 is 22.9 Å². The number of halogens is 1. The standard InChI is InChI=1S/C22H17FN4OS/c23-15-7-9-17(10-8-15)27-19-6-2-5-18(19)20(26-27)21(28)25-16-4-1-3-14(13-16)22-24-11-12-29-22/h1,3-4,7-13H,2,5-6H2,(H,25,28). The third-order valence-corrected chi connectivity index (χ3v) is 5.84. The lowest BCUT2D eigenvalue weighted by atomic mass is 10.1. The summed E-state index contributed by atoms with van der Waals surface area (Å²) < 4.78 is 15.1. The topological polar surface area (TPSA) is 59.8 Å². The van der Waals surface area contributed by atoms with Crippen LogP contribution in [0.15, 0.2) is 60.1 Å². The molecular weight excluding hydrogens is 387 g/mol. The summed E-state index contributed by atoms with van der Waals surface area (Å²) in [6.07, 6.45) is 4.41. The van der Waals surface area contributed by atoms with Crippen molar-refractivity contribution in [3.8, 4) is 16.3 Å². The molecule has 2 heterocycles. The van der Waals surface area contributed by atoms with Gasteiger partial charge >= 0.3 is 0 Å². The predicted octanol–water partition coefficient (Wildman–Crippen LogP) is 4.88. The van der Waals surface area contributed by atoms with Crippen molar-refractivity contribution < 1.29 is 9.18 Å². The second kappa shape index (κ2) is 7.25. The molecular formula is C22H17FN4OS. The fourth-order valence-corrected chi connectivity index (χ4v) is 4.34. The van der Waals surface area contributed by atoms with Gasteiger partial charge in [-0.2, -0.15) is 5.10 Å². The highest BCUT2D eigenvalue weighted by molar-refractivity contribution is 7.13. The summed E-state index contributed by atoms with van der Waals surface area (Å²) in [5.41, 5.74) is 4.85. The number of rotatable bonds is 4. The van der Waals surface area contributed by atoms with Gasteiger partial charge in [-0.05, 0) is 55.7 Å². The van der Waals surface area contributed by atoms with Crippen LogP contribution in [-0.2, 0) is 12.8 Å². The number of benzene rings is 2. The Labute approximate surface area is 170 Å². The minimum absolute atomic E-state index is 0.236. The molecule has 5 nitrogen and oxygen atoms in total. The van der Waals surface area contributed by atoms with Crippen molar-refractivity contribution in [2.75, 3.05) is 5.32 Å². The summed E-state index contributed by atoms with van der Waals surface area (Å²) in [5.74, 6) is -0.532. The number of nitrogens with one attached hydrogen (secondary N) is 1. The number of fused-ring (bicyclic) bond motifs is 1. The van der Waals surface area contributed by atoms with E-state index in [0.717, 1.165) is 46.8 Å². The number of aromatic nitrogens is 3. The maximum Gasteiger partial charge on any atom is 0.276 e. The molecule has 0 radical (unpaired) electrons.